The molecule has 3 heteroatoms. The number of ether oxygens (including phenoxy) is 1. The molecule has 1 atom stereocenters. The van der Waals surface area contributed by atoms with Crippen LogP contribution in [0.25, 0.3) is 0 Å². The third kappa shape index (κ3) is 3.09. The zero-order valence-corrected chi connectivity index (χ0v) is 9.73. The zero-order valence-electron chi connectivity index (χ0n) is 9.73. The van der Waals surface area contributed by atoms with Crippen LogP contribution in [0.1, 0.15) is 30.9 Å². The first-order valence-electron chi connectivity index (χ1n) is 5.21. The van der Waals surface area contributed by atoms with Crippen molar-refractivity contribution in [3.05, 3.63) is 35.4 Å². The first-order valence-corrected chi connectivity index (χ1v) is 5.21. The van der Waals surface area contributed by atoms with Crippen LogP contribution in [-0.4, -0.2) is 12.1 Å². The lowest BCUT2D eigenvalue weighted by Crippen LogP contribution is -2.18. The standard InChI is InChI=1S/C13H15NO2/c1-9(2)16-13(15)12(8-14)11-6-4-10(3)5-7-11/h4-7,9,12H,1-3H3. The van der Waals surface area contributed by atoms with E-state index in [1.165, 1.54) is 0 Å². The minimum Gasteiger partial charge on any atom is -0.462 e. The van der Waals surface area contributed by atoms with Gasteiger partial charge in [-0.15, -0.1) is 0 Å². The van der Waals surface area contributed by atoms with Gasteiger partial charge in [-0.1, -0.05) is 29.8 Å². The van der Waals surface area contributed by atoms with E-state index in [2.05, 4.69) is 0 Å². The summed E-state index contributed by atoms with van der Waals surface area (Å²) in [4.78, 5) is 11.6. The number of nitriles is 1. The smallest absolute Gasteiger partial charge is 0.328 e. The molecule has 0 N–H and O–H groups in total. The van der Waals surface area contributed by atoms with Crippen LogP contribution in [0.2, 0.25) is 0 Å². The van der Waals surface area contributed by atoms with Crippen molar-refractivity contribution in [3.63, 3.8) is 0 Å². The van der Waals surface area contributed by atoms with Gasteiger partial charge in [0.2, 0.25) is 0 Å². The highest BCUT2D eigenvalue weighted by atomic mass is 16.5. The van der Waals surface area contributed by atoms with Crippen molar-refractivity contribution in [2.45, 2.75) is 32.8 Å². The van der Waals surface area contributed by atoms with E-state index in [1.54, 1.807) is 26.0 Å². The maximum absolute atomic E-state index is 11.6. The van der Waals surface area contributed by atoms with Crippen molar-refractivity contribution in [1.82, 2.24) is 0 Å². The monoisotopic (exact) mass is 217 g/mol. The van der Waals surface area contributed by atoms with Crippen molar-refractivity contribution in [2.24, 2.45) is 0 Å². The maximum Gasteiger partial charge on any atom is 0.328 e. The second-order valence-corrected chi connectivity index (χ2v) is 3.96. The lowest BCUT2D eigenvalue weighted by molar-refractivity contribution is -0.147. The average Bonchev–Trinajstić information content (AvgIpc) is 2.21. The quantitative estimate of drug-likeness (QED) is 0.731. The molecule has 0 aliphatic carbocycles. The summed E-state index contributed by atoms with van der Waals surface area (Å²) in [5, 5.41) is 8.98. The predicted octanol–water partition coefficient (Wildman–Crippen LogP) is 2.55. The van der Waals surface area contributed by atoms with Gasteiger partial charge in [0, 0.05) is 0 Å². The molecule has 0 amide bonds. The van der Waals surface area contributed by atoms with E-state index in [-0.39, 0.29) is 6.10 Å². The fourth-order valence-corrected chi connectivity index (χ4v) is 1.32. The van der Waals surface area contributed by atoms with Crippen LogP contribution in [0.15, 0.2) is 24.3 Å². The average molecular weight is 217 g/mol. The van der Waals surface area contributed by atoms with Crippen LogP contribution in [0, 0.1) is 18.3 Å². The molecule has 1 rings (SSSR count). The van der Waals surface area contributed by atoms with Crippen LogP contribution >= 0.6 is 0 Å². The largest absolute Gasteiger partial charge is 0.462 e. The molecule has 0 aliphatic rings. The third-order valence-electron chi connectivity index (χ3n) is 2.13. The topological polar surface area (TPSA) is 50.1 Å². The number of hydrogen-bond acceptors (Lipinski definition) is 3. The van der Waals surface area contributed by atoms with Crippen molar-refractivity contribution >= 4 is 5.97 Å². The van der Waals surface area contributed by atoms with Crippen LogP contribution in [0.4, 0.5) is 0 Å². The SMILES string of the molecule is Cc1ccc(C(C#N)C(=O)OC(C)C)cc1. The normalized spacial score (nSPS) is 11.9. The van der Waals surface area contributed by atoms with Gasteiger partial charge in [-0.25, -0.2) is 0 Å². The van der Waals surface area contributed by atoms with Crippen LogP contribution in [0.5, 0.6) is 0 Å². The molecule has 3 nitrogen and oxygen atoms in total. The number of hydrogen-bond donors (Lipinski definition) is 0. The van der Waals surface area contributed by atoms with Gasteiger partial charge in [-0.05, 0) is 26.3 Å². The van der Waals surface area contributed by atoms with Crippen LogP contribution < -0.4 is 0 Å². The Hall–Kier alpha value is -1.82. The summed E-state index contributed by atoms with van der Waals surface area (Å²) < 4.78 is 5.03. The molecule has 0 saturated heterocycles. The molecule has 16 heavy (non-hydrogen) atoms. The minimum absolute atomic E-state index is 0.200. The highest BCUT2D eigenvalue weighted by Crippen LogP contribution is 2.18. The number of aryl methyl sites for hydroxylation is 1. The Balaban J connectivity index is 2.87. The Kier molecular flexibility index (Phi) is 4.07. The summed E-state index contributed by atoms with van der Waals surface area (Å²) >= 11 is 0. The predicted molar refractivity (Wildman–Crippen MR) is 60.8 cm³/mol. The second kappa shape index (κ2) is 5.32. The number of esters is 1. The van der Waals surface area contributed by atoms with Gasteiger partial charge >= 0.3 is 5.97 Å². The molecular formula is C13H15NO2. The van der Waals surface area contributed by atoms with Gasteiger partial charge in [0.1, 0.15) is 0 Å². The molecule has 1 aromatic carbocycles. The zero-order chi connectivity index (χ0) is 12.1. The molecule has 0 spiro atoms. The lowest BCUT2D eigenvalue weighted by Gasteiger charge is -2.12. The highest BCUT2D eigenvalue weighted by molar-refractivity contribution is 5.81. The summed E-state index contributed by atoms with van der Waals surface area (Å²) in [6.07, 6.45) is -0.200. The van der Waals surface area contributed by atoms with Gasteiger partial charge in [0.25, 0.3) is 0 Å². The van der Waals surface area contributed by atoms with Gasteiger partial charge in [0.15, 0.2) is 5.92 Å². The second-order valence-electron chi connectivity index (χ2n) is 3.96. The third-order valence-corrected chi connectivity index (χ3v) is 2.13. The summed E-state index contributed by atoms with van der Waals surface area (Å²) in [7, 11) is 0. The minimum atomic E-state index is -0.831. The van der Waals surface area contributed by atoms with Gasteiger partial charge in [-0.3, -0.25) is 4.79 Å². The molecule has 0 aromatic heterocycles. The van der Waals surface area contributed by atoms with E-state index in [9.17, 15) is 4.79 Å². The maximum atomic E-state index is 11.6. The van der Waals surface area contributed by atoms with E-state index in [4.69, 9.17) is 10.00 Å². The van der Waals surface area contributed by atoms with E-state index in [0.29, 0.717) is 5.56 Å². The fourth-order valence-electron chi connectivity index (χ4n) is 1.32. The lowest BCUT2D eigenvalue weighted by atomic mass is 10.00. The van der Waals surface area contributed by atoms with Crippen molar-refractivity contribution in [1.29, 1.82) is 5.26 Å². The molecular weight excluding hydrogens is 202 g/mol. The molecule has 84 valence electrons. The number of rotatable bonds is 3. The Morgan fingerprint density at radius 1 is 1.31 bits per heavy atom. The Morgan fingerprint density at radius 2 is 1.88 bits per heavy atom. The number of nitrogens with zero attached hydrogens (tertiary/aromatic N) is 1. The van der Waals surface area contributed by atoms with Crippen molar-refractivity contribution in [2.75, 3.05) is 0 Å². The molecule has 1 aromatic rings. The van der Waals surface area contributed by atoms with Crippen molar-refractivity contribution in [3.8, 4) is 6.07 Å². The van der Waals surface area contributed by atoms with Gasteiger partial charge < -0.3 is 4.74 Å². The first kappa shape index (κ1) is 12.3. The van der Waals surface area contributed by atoms with Crippen molar-refractivity contribution < 1.29 is 9.53 Å². The van der Waals surface area contributed by atoms with E-state index < -0.39 is 11.9 Å². The van der Waals surface area contributed by atoms with Gasteiger partial charge in [-0.2, -0.15) is 5.26 Å². The highest BCUT2D eigenvalue weighted by Gasteiger charge is 2.22. The molecule has 1 unspecified atom stereocenters. The van der Waals surface area contributed by atoms with Crippen LogP contribution in [0.3, 0.4) is 0 Å². The molecule has 0 heterocycles. The number of benzene rings is 1. The van der Waals surface area contributed by atoms with E-state index in [0.717, 1.165) is 5.56 Å². The van der Waals surface area contributed by atoms with E-state index in [1.807, 2.05) is 25.1 Å². The Bertz CT molecular complexity index is 401. The molecule has 0 bridgehead atoms. The molecule has 0 radical (unpaired) electrons. The summed E-state index contributed by atoms with van der Waals surface area (Å²) in [6.45, 7) is 5.49. The van der Waals surface area contributed by atoms with Crippen LogP contribution in [-0.2, 0) is 9.53 Å². The summed E-state index contributed by atoms with van der Waals surface area (Å²) in [6, 6.07) is 9.29. The fraction of sp³-hybridized carbons (Fsp3) is 0.385. The Morgan fingerprint density at radius 3 is 2.31 bits per heavy atom. The van der Waals surface area contributed by atoms with Gasteiger partial charge in [0.05, 0.1) is 12.2 Å². The summed E-state index contributed by atoms with van der Waals surface area (Å²) in [5.41, 5.74) is 1.77. The number of carbonyl (C=O) groups excluding carboxylic acids is 1. The Labute approximate surface area is 95.7 Å². The molecule has 0 fully saturated rings. The first-order chi connectivity index (χ1) is 7.54. The number of carbonyl (C=O) groups is 1. The van der Waals surface area contributed by atoms with E-state index >= 15 is 0 Å². The molecule has 0 aliphatic heterocycles. The summed E-state index contributed by atoms with van der Waals surface area (Å²) in [5.74, 6) is -1.32. The molecule has 0 saturated carbocycles.